The van der Waals surface area contributed by atoms with Gasteiger partial charge in [-0.3, -0.25) is 9.20 Å². The van der Waals surface area contributed by atoms with E-state index in [0.717, 1.165) is 12.1 Å². The molecule has 216 valence electrons. The van der Waals surface area contributed by atoms with Crippen LogP contribution in [0, 0.1) is 18.6 Å². The minimum absolute atomic E-state index is 0.00790. The summed E-state index contributed by atoms with van der Waals surface area (Å²) in [5.74, 6) is -1.17. The third-order valence-corrected chi connectivity index (χ3v) is 6.41. The fourth-order valence-electron chi connectivity index (χ4n) is 4.33. The second-order valence-corrected chi connectivity index (χ2v) is 10.5. The number of aromatic nitrogens is 2. The average Bonchev–Trinajstić information content (AvgIpc) is 3.26. The number of imidazole rings is 1. The first-order valence-corrected chi connectivity index (χ1v) is 13.0. The molecule has 0 bridgehead atoms. The maximum atomic E-state index is 14.1. The molecule has 4 rings (SSSR count). The maximum absolute atomic E-state index is 14.1. The Bertz CT molecular complexity index is 1520. The minimum atomic E-state index is -1.13. The molecular weight excluding hydrogens is 534 g/mol. The van der Waals surface area contributed by atoms with Crippen molar-refractivity contribution in [1.82, 2.24) is 19.6 Å². The standard InChI is InChI=1S/C30H32F2N4O5/c1-19-26(35-15-9-14-25(27(35)33-19)41-18-22-23(31)12-8-13-24(22)32)28(37)34-20(16-36(29(38)39)30(2,3)4)17-40-21-10-6-5-7-11-21/h5-15,20H,16-18H2,1-4H3,(H,34,37)(H,38,39). The maximum Gasteiger partial charge on any atom is 0.407 e. The Labute approximate surface area is 236 Å². The quantitative estimate of drug-likeness (QED) is 0.264. The second-order valence-electron chi connectivity index (χ2n) is 10.5. The lowest BCUT2D eigenvalue weighted by Crippen LogP contribution is -2.54. The zero-order valence-electron chi connectivity index (χ0n) is 23.2. The van der Waals surface area contributed by atoms with E-state index in [4.69, 9.17) is 9.47 Å². The molecule has 4 aromatic rings. The van der Waals surface area contributed by atoms with E-state index in [1.54, 1.807) is 58.2 Å². The zero-order valence-corrected chi connectivity index (χ0v) is 23.2. The number of carbonyl (C=O) groups excluding carboxylic acids is 1. The van der Waals surface area contributed by atoms with Gasteiger partial charge in [0.05, 0.1) is 17.3 Å². The van der Waals surface area contributed by atoms with Gasteiger partial charge in [-0.1, -0.05) is 24.3 Å². The van der Waals surface area contributed by atoms with Gasteiger partial charge in [0.25, 0.3) is 5.91 Å². The molecule has 2 amide bonds. The number of halogens is 2. The number of carboxylic acid groups (broad SMARTS) is 1. The lowest BCUT2D eigenvalue weighted by atomic mass is 10.1. The van der Waals surface area contributed by atoms with Crippen molar-refractivity contribution in [2.45, 2.75) is 45.9 Å². The van der Waals surface area contributed by atoms with E-state index >= 15 is 0 Å². The molecule has 9 nitrogen and oxygen atoms in total. The van der Waals surface area contributed by atoms with E-state index in [-0.39, 0.29) is 42.4 Å². The number of amides is 2. The van der Waals surface area contributed by atoms with Gasteiger partial charge in [0.2, 0.25) is 0 Å². The molecule has 0 aliphatic rings. The van der Waals surface area contributed by atoms with Crippen molar-refractivity contribution >= 4 is 17.6 Å². The lowest BCUT2D eigenvalue weighted by molar-refractivity contribution is 0.0765. The first-order valence-electron chi connectivity index (χ1n) is 13.0. The summed E-state index contributed by atoms with van der Waals surface area (Å²) in [4.78, 5) is 31.4. The van der Waals surface area contributed by atoms with Crippen molar-refractivity contribution < 1.29 is 33.0 Å². The van der Waals surface area contributed by atoms with Crippen molar-refractivity contribution in [3.8, 4) is 11.5 Å². The van der Waals surface area contributed by atoms with Gasteiger partial charge in [0, 0.05) is 18.3 Å². The molecule has 0 fully saturated rings. The van der Waals surface area contributed by atoms with Crippen LogP contribution in [-0.2, 0) is 6.61 Å². The van der Waals surface area contributed by atoms with E-state index in [9.17, 15) is 23.5 Å². The molecular formula is C30H32F2N4O5. The monoisotopic (exact) mass is 566 g/mol. The molecule has 41 heavy (non-hydrogen) atoms. The molecule has 0 saturated carbocycles. The number of nitrogens with one attached hydrogen (secondary N) is 1. The highest BCUT2D eigenvalue weighted by atomic mass is 19.1. The molecule has 11 heteroatoms. The van der Waals surface area contributed by atoms with Crippen LogP contribution >= 0.6 is 0 Å². The Morgan fingerprint density at radius 2 is 1.71 bits per heavy atom. The molecule has 0 radical (unpaired) electrons. The largest absolute Gasteiger partial charge is 0.491 e. The molecule has 0 saturated heterocycles. The number of ether oxygens (including phenoxy) is 2. The Morgan fingerprint density at radius 3 is 2.34 bits per heavy atom. The van der Waals surface area contributed by atoms with Gasteiger partial charge in [0.15, 0.2) is 11.4 Å². The number of carbonyl (C=O) groups is 2. The van der Waals surface area contributed by atoms with Crippen LogP contribution in [0.1, 0.15) is 42.5 Å². The fraction of sp³-hybridized carbons (Fsp3) is 0.300. The molecule has 2 aromatic heterocycles. The molecule has 2 aromatic carbocycles. The summed E-state index contributed by atoms with van der Waals surface area (Å²) in [5.41, 5.74) is -0.0936. The first kappa shape index (κ1) is 29.3. The number of pyridine rings is 1. The molecule has 2 heterocycles. The van der Waals surface area contributed by atoms with Crippen LogP contribution in [0.3, 0.4) is 0 Å². The highest BCUT2D eigenvalue weighted by Crippen LogP contribution is 2.24. The van der Waals surface area contributed by atoms with Gasteiger partial charge in [-0.2, -0.15) is 0 Å². The summed E-state index contributed by atoms with van der Waals surface area (Å²) in [6.45, 7) is 6.55. The number of benzene rings is 2. The predicted molar refractivity (Wildman–Crippen MR) is 148 cm³/mol. The number of aryl methyl sites for hydroxylation is 1. The first-order chi connectivity index (χ1) is 19.5. The third-order valence-electron chi connectivity index (χ3n) is 6.41. The Kier molecular flexibility index (Phi) is 8.75. The number of fused-ring (bicyclic) bond motifs is 1. The summed E-state index contributed by atoms with van der Waals surface area (Å²) in [7, 11) is 0. The highest BCUT2D eigenvalue weighted by molar-refractivity contribution is 5.95. The van der Waals surface area contributed by atoms with Gasteiger partial charge in [-0.05, 0) is 64.1 Å². The summed E-state index contributed by atoms with van der Waals surface area (Å²) in [5, 5.41) is 12.7. The third kappa shape index (κ3) is 6.92. The summed E-state index contributed by atoms with van der Waals surface area (Å²) < 4.78 is 41.3. The molecule has 2 N–H and O–H groups in total. The van der Waals surface area contributed by atoms with Crippen LogP contribution in [-0.4, -0.2) is 56.1 Å². The van der Waals surface area contributed by atoms with E-state index in [2.05, 4.69) is 10.3 Å². The van der Waals surface area contributed by atoms with E-state index in [1.807, 2.05) is 18.2 Å². The second kappa shape index (κ2) is 12.2. The van der Waals surface area contributed by atoms with Crippen LogP contribution in [0.4, 0.5) is 13.6 Å². The van der Waals surface area contributed by atoms with Crippen LogP contribution < -0.4 is 14.8 Å². The molecule has 0 aliphatic heterocycles. The summed E-state index contributed by atoms with van der Waals surface area (Å²) in [6, 6.07) is 15.1. The number of rotatable bonds is 10. The van der Waals surface area contributed by atoms with E-state index in [1.165, 1.54) is 15.4 Å². The van der Waals surface area contributed by atoms with Gasteiger partial charge in [0.1, 0.15) is 36.3 Å². The molecule has 1 atom stereocenters. The lowest BCUT2D eigenvalue weighted by Gasteiger charge is -2.36. The summed E-state index contributed by atoms with van der Waals surface area (Å²) in [6.07, 6.45) is 0.491. The van der Waals surface area contributed by atoms with Crippen LogP contribution in [0.2, 0.25) is 0 Å². The van der Waals surface area contributed by atoms with Crippen molar-refractivity contribution in [2.75, 3.05) is 13.2 Å². The van der Waals surface area contributed by atoms with Gasteiger partial charge >= 0.3 is 6.09 Å². The van der Waals surface area contributed by atoms with Crippen molar-refractivity contribution in [3.05, 3.63) is 95.4 Å². The van der Waals surface area contributed by atoms with Crippen LogP contribution in [0.15, 0.2) is 66.9 Å². The Hall–Kier alpha value is -4.67. The number of nitrogens with zero attached hydrogens (tertiary/aromatic N) is 3. The van der Waals surface area contributed by atoms with Crippen LogP contribution in [0.25, 0.3) is 5.65 Å². The fourth-order valence-corrected chi connectivity index (χ4v) is 4.33. The van der Waals surface area contributed by atoms with Crippen molar-refractivity contribution in [2.24, 2.45) is 0 Å². The van der Waals surface area contributed by atoms with Gasteiger partial charge in [-0.15, -0.1) is 0 Å². The zero-order chi connectivity index (χ0) is 29.7. The van der Waals surface area contributed by atoms with E-state index in [0.29, 0.717) is 11.4 Å². The Balaban J connectivity index is 1.59. The van der Waals surface area contributed by atoms with Crippen molar-refractivity contribution in [1.29, 1.82) is 0 Å². The topological polar surface area (TPSA) is 105 Å². The predicted octanol–water partition coefficient (Wildman–Crippen LogP) is 5.46. The average molecular weight is 567 g/mol. The van der Waals surface area contributed by atoms with E-state index < -0.39 is 35.2 Å². The SMILES string of the molecule is Cc1nc2c(OCc3c(F)cccc3F)cccn2c1C(=O)NC(COc1ccccc1)CN(C(=O)O)C(C)(C)C. The normalized spacial score (nSPS) is 12.1. The highest BCUT2D eigenvalue weighted by Gasteiger charge is 2.31. The minimum Gasteiger partial charge on any atom is -0.491 e. The Morgan fingerprint density at radius 1 is 1.02 bits per heavy atom. The van der Waals surface area contributed by atoms with Gasteiger partial charge < -0.3 is 24.8 Å². The smallest absolute Gasteiger partial charge is 0.407 e. The molecule has 0 spiro atoms. The van der Waals surface area contributed by atoms with Gasteiger partial charge in [-0.25, -0.2) is 18.6 Å². The summed E-state index contributed by atoms with van der Waals surface area (Å²) >= 11 is 0. The number of hydrogen-bond donors (Lipinski definition) is 2. The van der Waals surface area contributed by atoms with Crippen molar-refractivity contribution in [3.63, 3.8) is 0 Å². The molecule has 0 aliphatic carbocycles. The number of hydrogen-bond acceptors (Lipinski definition) is 5. The van der Waals surface area contributed by atoms with Crippen LogP contribution in [0.5, 0.6) is 11.5 Å². The molecule has 1 unspecified atom stereocenters. The number of para-hydroxylation sites is 1.